The summed E-state index contributed by atoms with van der Waals surface area (Å²) in [7, 11) is 3.30. The fourth-order valence-corrected chi connectivity index (χ4v) is 4.47. The summed E-state index contributed by atoms with van der Waals surface area (Å²) < 4.78 is 18.0. The molecular weight excluding hydrogens is 472 g/mol. The molecule has 1 aliphatic carbocycles. The Kier molecular flexibility index (Phi) is 7.45. The summed E-state index contributed by atoms with van der Waals surface area (Å²) in [5.74, 6) is 3.06. The van der Waals surface area contributed by atoms with E-state index < -0.39 is 0 Å². The van der Waals surface area contributed by atoms with E-state index in [0.717, 1.165) is 46.8 Å². The van der Waals surface area contributed by atoms with Crippen LogP contribution in [-0.4, -0.2) is 44.8 Å². The molecule has 0 bridgehead atoms. The molecule has 2 aliphatic rings. The van der Waals surface area contributed by atoms with Crippen LogP contribution in [0, 0.1) is 5.92 Å². The molecule has 1 aliphatic heterocycles. The maximum atomic E-state index is 13.3. The van der Waals surface area contributed by atoms with Gasteiger partial charge < -0.3 is 19.1 Å². The molecule has 2 fully saturated rings. The second-order valence-electron chi connectivity index (χ2n) is 8.43. The fraction of sp³-hybridized carbons (Fsp3) is 0.480. The molecule has 32 heavy (non-hydrogen) atoms. The molecule has 1 saturated heterocycles. The van der Waals surface area contributed by atoms with Crippen LogP contribution >= 0.6 is 15.9 Å². The van der Waals surface area contributed by atoms with Crippen molar-refractivity contribution in [1.82, 2.24) is 4.90 Å². The number of methoxy groups -OCH3 is 2. The van der Waals surface area contributed by atoms with Crippen LogP contribution in [0.5, 0.6) is 17.2 Å². The summed E-state index contributed by atoms with van der Waals surface area (Å²) in [6.07, 6.45) is 5.88. The predicted octanol–water partition coefficient (Wildman–Crippen LogP) is 5.87. The highest BCUT2D eigenvalue weighted by molar-refractivity contribution is 9.10. The lowest BCUT2D eigenvalue weighted by Crippen LogP contribution is -2.49. The van der Waals surface area contributed by atoms with E-state index >= 15 is 0 Å². The first-order valence-corrected chi connectivity index (χ1v) is 12.1. The average Bonchev–Trinajstić information content (AvgIpc) is 3.63. The van der Waals surface area contributed by atoms with Gasteiger partial charge in [-0.2, -0.15) is 0 Å². The van der Waals surface area contributed by atoms with Gasteiger partial charge in [0.1, 0.15) is 5.75 Å². The number of ether oxygens (including phenoxy) is 3. The normalized spacial score (nSPS) is 16.3. The molecule has 7 heteroatoms. The highest BCUT2D eigenvalue weighted by Gasteiger charge is 2.28. The number of halogens is 1. The van der Waals surface area contributed by atoms with Crippen LogP contribution in [0.15, 0.2) is 40.9 Å². The first-order valence-electron chi connectivity index (χ1n) is 11.3. The van der Waals surface area contributed by atoms with Gasteiger partial charge in [0.15, 0.2) is 11.5 Å². The summed E-state index contributed by atoms with van der Waals surface area (Å²) >= 11 is 3.47. The quantitative estimate of drug-likeness (QED) is 0.381. The summed E-state index contributed by atoms with van der Waals surface area (Å²) in [6.45, 7) is 2.57. The number of carbonyl (C=O) groups is 1. The Morgan fingerprint density at radius 3 is 2.56 bits per heavy atom. The van der Waals surface area contributed by atoms with Gasteiger partial charge in [-0.25, -0.2) is 4.79 Å². The molecule has 1 saturated carbocycles. The smallest absolute Gasteiger partial charge is 0.324 e. The minimum Gasteiger partial charge on any atom is -0.496 e. The number of rotatable bonds is 10. The SMILES string of the molecule is COc1cc(Br)ccc1CN1CCCN(c2ccc(OC)c(OCCCC3CC3)c2)C1=O. The number of nitrogens with zero attached hydrogens (tertiary/aromatic N) is 2. The van der Waals surface area contributed by atoms with E-state index in [-0.39, 0.29) is 6.03 Å². The molecule has 0 unspecified atom stereocenters. The molecule has 0 atom stereocenters. The van der Waals surface area contributed by atoms with Crippen LogP contribution in [0.1, 0.15) is 37.7 Å². The maximum Gasteiger partial charge on any atom is 0.324 e. The molecule has 4 rings (SSSR count). The van der Waals surface area contributed by atoms with Gasteiger partial charge in [0, 0.05) is 34.9 Å². The van der Waals surface area contributed by atoms with Gasteiger partial charge in [-0.05, 0) is 49.4 Å². The third-order valence-corrected chi connectivity index (χ3v) is 6.58. The number of hydrogen-bond acceptors (Lipinski definition) is 4. The molecule has 0 radical (unpaired) electrons. The van der Waals surface area contributed by atoms with Crippen molar-refractivity contribution in [3.63, 3.8) is 0 Å². The maximum absolute atomic E-state index is 13.3. The second kappa shape index (κ2) is 10.5. The van der Waals surface area contributed by atoms with Gasteiger partial charge in [-0.15, -0.1) is 0 Å². The zero-order chi connectivity index (χ0) is 22.5. The highest BCUT2D eigenvalue weighted by Crippen LogP contribution is 2.35. The van der Waals surface area contributed by atoms with Gasteiger partial charge in [0.25, 0.3) is 0 Å². The third kappa shape index (κ3) is 5.49. The molecule has 2 aromatic carbocycles. The number of hydrogen-bond donors (Lipinski definition) is 0. The van der Waals surface area contributed by atoms with Crippen molar-refractivity contribution in [1.29, 1.82) is 0 Å². The Morgan fingerprint density at radius 2 is 1.81 bits per heavy atom. The first kappa shape index (κ1) is 22.8. The summed E-state index contributed by atoms with van der Waals surface area (Å²) in [6, 6.07) is 11.6. The molecule has 0 N–H and O–H groups in total. The standard InChI is InChI=1S/C25H31BrN2O4/c1-30-22-11-10-21(16-24(22)32-14-3-5-18-6-7-18)28-13-4-12-27(25(28)29)17-19-8-9-20(26)15-23(19)31-2/h8-11,15-16,18H,3-7,12-14,17H2,1-2H3. The van der Waals surface area contributed by atoms with Crippen LogP contribution in [0.4, 0.5) is 10.5 Å². The molecule has 6 nitrogen and oxygen atoms in total. The van der Waals surface area contributed by atoms with Crippen molar-refractivity contribution in [2.24, 2.45) is 5.92 Å². The predicted molar refractivity (Wildman–Crippen MR) is 129 cm³/mol. The van der Waals surface area contributed by atoms with Gasteiger partial charge in [-0.1, -0.05) is 34.8 Å². The minimum absolute atomic E-state index is 0.00827. The first-order chi connectivity index (χ1) is 15.6. The van der Waals surface area contributed by atoms with Crippen molar-refractivity contribution in [3.05, 3.63) is 46.4 Å². The summed E-state index contributed by atoms with van der Waals surface area (Å²) in [5.41, 5.74) is 1.82. The van der Waals surface area contributed by atoms with Crippen molar-refractivity contribution in [3.8, 4) is 17.2 Å². The Bertz CT molecular complexity index is 948. The highest BCUT2D eigenvalue weighted by atomic mass is 79.9. The van der Waals surface area contributed by atoms with Crippen molar-refractivity contribution >= 4 is 27.6 Å². The van der Waals surface area contributed by atoms with Gasteiger partial charge in [0.05, 0.1) is 27.4 Å². The lowest BCUT2D eigenvalue weighted by atomic mass is 10.1. The Labute approximate surface area is 198 Å². The summed E-state index contributed by atoms with van der Waals surface area (Å²) in [4.78, 5) is 17.0. The van der Waals surface area contributed by atoms with Crippen LogP contribution in [0.3, 0.4) is 0 Å². The Morgan fingerprint density at radius 1 is 1.00 bits per heavy atom. The lowest BCUT2D eigenvalue weighted by molar-refractivity contribution is 0.191. The third-order valence-electron chi connectivity index (χ3n) is 6.09. The monoisotopic (exact) mass is 502 g/mol. The van der Waals surface area contributed by atoms with Crippen LogP contribution in [0.2, 0.25) is 0 Å². The second-order valence-corrected chi connectivity index (χ2v) is 9.35. The Balaban J connectivity index is 1.46. The molecule has 0 spiro atoms. The Hall–Kier alpha value is -2.41. The number of carbonyl (C=O) groups excluding carboxylic acids is 1. The minimum atomic E-state index is -0.00827. The molecule has 2 aromatic rings. The van der Waals surface area contributed by atoms with Crippen molar-refractivity contribution in [2.45, 2.75) is 38.6 Å². The summed E-state index contributed by atoms with van der Waals surface area (Å²) in [5, 5.41) is 0. The number of urea groups is 1. The molecule has 172 valence electrons. The van der Waals surface area contributed by atoms with Crippen LogP contribution < -0.4 is 19.1 Å². The van der Waals surface area contributed by atoms with E-state index in [2.05, 4.69) is 15.9 Å². The largest absolute Gasteiger partial charge is 0.496 e. The van der Waals surface area contributed by atoms with Crippen LogP contribution in [0.25, 0.3) is 0 Å². The van der Waals surface area contributed by atoms with Crippen molar-refractivity contribution < 1.29 is 19.0 Å². The molecule has 2 amide bonds. The topological polar surface area (TPSA) is 51.2 Å². The molecule has 0 aromatic heterocycles. The van der Waals surface area contributed by atoms with Gasteiger partial charge in [0.2, 0.25) is 0 Å². The van der Waals surface area contributed by atoms with E-state index in [4.69, 9.17) is 14.2 Å². The van der Waals surface area contributed by atoms with Gasteiger partial charge in [-0.3, -0.25) is 4.90 Å². The number of anilines is 1. The average molecular weight is 503 g/mol. The zero-order valence-electron chi connectivity index (χ0n) is 18.8. The van der Waals surface area contributed by atoms with E-state index in [1.807, 2.05) is 46.2 Å². The lowest BCUT2D eigenvalue weighted by Gasteiger charge is -2.36. The fourth-order valence-electron chi connectivity index (χ4n) is 4.13. The molecular formula is C25H31BrN2O4. The zero-order valence-corrected chi connectivity index (χ0v) is 20.4. The van der Waals surface area contributed by atoms with Crippen LogP contribution in [-0.2, 0) is 6.54 Å². The van der Waals surface area contributed by atoms with E-state index in [1.54, 1.807) is 14.2 Å². The van der Waals surface area contributed by atoms with Crippen molar-refractivity contribution in [2.75, 3.05) is 38.8 Å². The molecule has 1 heterocycles. The van der Waals surface area contributed by atoms with E-state index in [9.17, 15) is 4.79 Å². The van der Waals surface area contributed by atoms with Gasteiger partial charge >= 0.3 is 6.03 Å². The number of amides is 2. The van der Waals surface area contributed by atoms with E-state index in [1.165, 1.54) is 19.3 Å². The number of benzene rings is 2. The van der Waals surface area contributed by atoms with E-state index in [0.29, 0.717) is 31.2 Å².